The summed E-state index contributed by atoms with van der Waals surface area (Å²) in [5.74, 6) is 0.244. The fraction of sp³-hybridized carbons (Fsp3) is 0.533. The van der Waals surface area contributed by atoms with E-state index in [0.717, 1.165) is 18.9 Å². The minimum Gasteiger partial charge on any atom is -0.376 e. The maximum atomic E-state index is 13.0. The summed E-state index contributed by atoms with van der Waals surface area (Å²) in [4.78, 5) is 13.8. The predicted molar refractivity (Wildman–Crippen MR) is 79.9 cm³/mol. The van der Waals surface area contributed by atoms with E-state index in [2.05, 4.69) is 12.2 Å². The number of halogens is 4. The van der Waals surface area contributed by atoms with Crippen molar-refractivity contribution < 1.29 is 18.0 Å². The summed E-state index contributed by atoms with van der Waals surface area (Å²) in [5, 5.41) is 2.60. The standard InChI is InChI=1S/C15H18ClF3N2O/c1-10-3-2-6-21(9-10)14(22)8-20-13-5-4-11(16)7-12(13)15(17,18)19/h4-5,7,10,20H,2-3,6,8-9H2,1H3. The molecule has 0 aliphatic carbocycles. The minimum absolute atomic E-state index is 0.00839. The van der Waals surface area contributed by atoms with Crippen LogP contribution in [0.1, 0.15) is 25.3 Å². The molecule has 1 aliphatic rings. The van der Waals surface area contributed by atoms with Crippen LogP contribution in [0, 0.1) is 5.92 Å². The van der Waals surface area contributed by atoms with Crippen molar-refractivity contribution in [2.45, 2.75) is 25.9 Å². The molecule has 0 spiro atoms. The van der Waals surface area contributed by atoms with Crippen LogP contribution in [-0.2, 0) is 11.0 Å². The molecule has 22 heavy (non-hydrogen) atoms. The molecule has 0 bridgehead atoms. The van der Waals surface area contributed by atoms with E-state index in [-0.39, 0.29) is 23.2 Å². The van der Waals surface area contributed by atoms with Crippen molar-refractivity contribution in [1.82, 2.24) is 4.90 Å². The molecular weight excluding hydrogens is 317 g/mol. The average Bonchev–Trinajstić information content (AvgIpc) is 2.44. The summed E-state index contributed by atoms with van der Waals surface area (Å²) in [7, 11) is 0. The van der Waals surface area contributed by atoms with E-state index in [9.17, 15) is 18.0 Å². The van der Waals surface area contributed by atoms with Gasteiger partial charge in [-0.05, 0) is 37.0 Å². The molecule has 0 radical (unpaired) electrons. The zero-order valence-electron chi connectivity index (χ0n) is 12.2. The number of anilines is 1. The summed E-state index contributed by atoms with van der Waals surface area (Å²) >= 11 is 5.62. The van der Waals surface area contributed by atoms with Gasteiger partial charge in [-0.15, -0.1) is 0 Å². The third-order valence-electron chi connectivity index (χ3n) is 3.73. The first-order chi connectivity index (χ1) is 10.3. The van der Waals surface area contributed by atoms with Crippen molar-refractivity contribution in [2.75, 3.05) is 25.0 Å². The van der Waals surface area contributed by atoms with Gasteiger partial charge >= 0.3 is 6.18 Å². The molecule has 0 aromatic heterocycles. The fourth-order valence-electron chi connectivity index (χ4n) is 2.60. The number of carbonyl (C=O) groups is 1. The summed E-state index contributed by atoms with van der Waals surface area (Å²) in [6.07, 6.45) is -2.51. The predicted octanol–water partition coefficient (Wildman–Crippen LogP) is 4.03. The number of nitrogens with one attached hydrogen (secondary N) is 1. The Bertz CT molecular complexity index is 548. The Morgan fingerprint density at radius 1 is 1.45 bits per heavy atom. The molecule has 1 aromatic carbocycles. The van der Waals surface area contributed by atoms with Crippen LogP contribution in [0.15, 0.2) is 18.2 Å². The maximum absolute atomic E-state index is 13.0. The van der Waals surface area contributed by atoms with E-state index in [1.807, 2.05) is 0 Å². The second kappa shape index (κ2) is 6.77. The molecule has 7 heteroatoms. The zero-order valence-corrected chi connectivity index (χ0v) is 13.0. The van der Waals surface area contributed by atoms with Gasteiger partial charge in [-0.1, -0.05) is 18.5 Å². The highest BCUT2D eigenvalue weighted by Crippen LogP contribution is 2.36. The summed E-state index contributed by atoms with van der Waals surface area (Å²) in [6.45, 7) is 3.23. The lowest BCUT2D eigenvalue weighted by atomic mass is 10.0. The monoisotopic (exact) mass is 334 g/mol. The first-order valence-electron chi connectivity index (χ1n) is 7.16. The van der Waals surface area contributed by atoms with Crippen molar-refractivity contribution in [3.05, 3.63) is 28.8 Å². The molecule has 1 unspecified atom stereocenters. The van der Waals surface area contributed by atoms with Gasteiger partial charge in [-0.2, -0.15) is 13.2 Å². The molecule has 1 aliphatic heterocycles. The largest absolute Gasteiger partial charge is 0.418 e. The molecule has 1 N–H and O–H groups in total. The summed E-state index contributed by atoms with van der Waals surface area (Å²) < 4.78 is 38.9. The van der Waals surface area contributed by atoms with Crippen LogP contribution < -0.4 is 5.32 Å². The zero-order chi connectivity index (χ0) is 16.3. The first-order valence-corrected chi connectivity index (χ1v) is 7.53. The highest BCUT2D eigenvalue weighted by Gasteiger charge is 2.34. The second-order valence-corrected chi connectivity index (χ2v) is 6.06. The molecule has 3 nitrogen and oxygen atoms in total. The number of nitrogens with zero attached hydrogens (tertiary/aromatic N) is 1. The SMILES string of the molecule is CC1CCCN(C(=O)CNc2ccc(Cl)cc2C(F)(F)F)C1. The Kier molecular flexibility index (Phi) is 5.21. The number of piperidine rings is 1. The highest BCUT2D eigenvalue weighted by molar-refractivity contribution is 6.30. The lowest BCUT2D eigenvalue weighted by Crippen LogP contribution is -2.42. The molecule has 1 amide bonds. The first kappa shape index (κ1) is 16.9. The van der Waals surface area contributed by atoms with Gasteiger partial charge in [0.15, 0.2) is 0 Å². The van der Waals surface area contributed by atoms with Crippen molar-refractivity contribution in [3.63, 3.8) is 0 Å². The van der Waals surface area contributed by atoms with E-state index in [1.54, 1.807) is 4.90 Å². The third kappa shape index (κ3) is 4.29. The Morgan fingerprint density at radius 3 is 2.82 bits per heavy atom. The number of rotatable bonds is 3. The van der Waals surface area contributed by atoms with Crippen LogP contribution in [0.2, 0.25) is 5.02 Å². The quantitative estimate of drug-likeness (QED) is 0.905. The number of hydrogen-bond donors (Lipinski definition) is 1. The smallest absolute Gasteiger partial charge is 0.376 e. The van der Waals surface area contributed by atoms with Crippen molar-refractivity contribution >= 4 is 23.2 Å². The maximum Gasteiger partial charge on any atom is 0.418 e. The van der Waals surface area contributed by atoms with Gasteiger partial charge in [-0.25, -0.2) is 0 Å². The molecule has 1 heterocycles. The highest BCUT2D eigenvalue weighted by atomic mass is 35.5. The van der Waals surface area contributed by atoms with Crippen LogP contribution in [-0.4, -0.2) is 30.4 Å². The van der Waals surface area contributed by atoms with E-state index in [1.165, 1.54) is 12.1 Å². The van der Waals surface area contributed by atoms with Crippen LogP contribution in [0.4, 0.5) is 18.9 Å². The van der Waals surface area contributed by atoms with Gasteiger partial charge in [0.05, 0.1) is 12.1 Å². The second-order valence-electron chi connectivity index (χ2n) is 5.63. The summed E-state index contributed by atoms with van der Waals surface area (Å²) in [5.41, 5.74) is -0.991. The van der Waals surface area contributed by atoms with Crippen molar-refractivity contribution in [3.8, 4) is 0 Å². The molecule has 1 saturated heterocycles. The summed E-state index contributed by atoms with van der Waals surface area (Å²) in [6, 6.07) is 3.47. The molecule has 1 atom stereocenters. The molecule has 122 valence electrons. The Labute approximate surface area is 132 Å². The minimum atomic E-state index is -4.52. The normalized spacial score (nSPS) is 19.1. The van der Waals surface area contributed by atoms with E-state index in [4.69, 9.17) is 11.6 Å². The van der Waals surface area contributed by atoms with Gasteiger partial charge in [-0.3, -0.25) is 4.79 Å². The van der Waals surface area contributed by atoms with Gasteiger partial charge in [0.2, 0.25) is 5.91 Å². The van der Waals surface area contributed by atoms with E-state index in [0.29, 0.717) is 19.0 Å². The Hall–Kier alpha value is -1.43. The van der Waals surface area contributed by atoms with E-state index >= 15 is 0 Å². The molecule has 1 aromatic rings. The topological polar surface area (TPSA) is 32.3 Å². The van der Waals surface area contributed by atoms with Gasteiger partial charge in [0.1, 0.15) is 0 Å². The van der Waals surface area contributed by atoms with E-state index < -0.39 is 11.7 Å². The number of hydrogen-bond acceptors (Lipinski definition) is 2. The number of carbonyl (C=O) groups excluding carboxylic acids is 1. The average molecular weight is 335 g/mol. The van der Waals surface area contributed by atoms with Crippen LogP contribution >= 0.6 is 11.6 Å². The number of alkyl halides is 3. The molecule has 1 fully saturated rings. The lowest BCUT2D eigenvalue weighted by molar-refractivity contribution is -0.137. The van der Waals surface area contributed by atoms with Crippen molar-refractivity contribution in [2.24, 2.45) is 5.92 Å². The van der Waals surface area contributed by atoms with Gasteiger partial charge < -0.3 is 10.2 Å². The Balaban J connectivity index is 2.04. The Morgan fingerprint density at radius 2 is 2.18 bits per heavy atom. The lowest BCUT2D eigenvalue weighted by Gasteiger charge is -2.31. The van der Waals surface area contributed by atoms with Crippen molar-refractivity contribution in [1.29, 1.82) is 0 Å². The van der Waals surface area contributed by atoms with Crippen LogP contribution in [0.5, 0.6) is 0 Å². The van der Waals surface area contributed by atoms with Gasteiger partial charge in [0, 0.05) is 23.8 Å². The third-order valence-corrected chi connectivity index (χ3v) is 3.96. The molecule has 2 rings (SSSR count). The fourth-order valence-corrected chi connectivity index (χ4v) is 2.78. The molecule has 0 saturated carbocycles. The number of likely N-dealkylation sites (tertiary alicyclic amines) is 1. The number of amides is 1. The van der Waals surface area contributed by atoms with Gasteiger partial charge in [0.25, 0.3) is 0 Å². The van der Waals surface area contributed by atoms with Crippen LogP contribution in [0.25, 0.3) is 0 Å². The number of benzene rings is 1. The molecular formula is C15H18ClF3N2O. The van der Waals surface area contributed by atoms with Crippen LogP contribution in [0.3, 0.4) is 0 Å².